The number of anilines is 4. The van der Waals surface area contributed by atoms with Crippen LogP contribution in [0.2, 0.25) is 0 Å². The van der Waals surface area contributed by atoms with E-state index in [4.69, 9.17) is 4.74 Å². The molecule has 10 nitrogen and oxygen atoms in total. The van der Waals surface area contributed by atoms with Gasteiger partial charge in [-0.15, -0.1) is 0 Å². The smallest absolute Gasteiger partial charge is 0.293 e. The van der Waals surface area contributed by atoms with Crippen LogP contribution in [0.4, 0.5) is 23.0 Å². The van der Waals surface area contributed by atoms with Crippen molar-refractivity contribution in [1.82, 2.24) is 19.7 Å². The molecule has 0 aliphatic rings. The van der Waals surface area contributed by atoms with Crippen molar-refractivity contribution in [3.05, 3.63) is 83.3 Å². The molecule has 2 heterocycles. The van der Waals surface area contributed by atoms with Crippen molar-refractivity contribution in [2.75, 3.05) is 29.1 Å². The fourth-order valence-corrected chi connectivity index (χ4v) is 3.70. The number of carbonyl (C=O) groups is 2. The molecule has 4 aromatic rings. The minimum Gasteiger partial charge on any atom is -0.468 e. The third-order valence-corrected chi connectivity index (χ3v) is 5.55. The summed E-state index contributed by atoms with van der Waals surface area (Å²) in [5.74, 6) is 1.76. The highest BCUT2D eigenvalue weighted by Crippen LogP contribution is 2.27. The van der Waals surface area contributed by atoms with Crippen LogP contribution in [0.1, 0.15) is 33.6 Å². The Hall–Kier alpha value is -4.73. The van der Waals surface area contributed by atoms with E-state index in [1.807, 2.05) is 63.2 Å². The lowest BCUT2D eigenvalue weighted by atomic mass is 10.1. The fraction of sp³-hybridized carbons (Fsp3) is 0.222. The van der Waals surface area contributed by atoms with Gasteiger partial charge < -0.3 is 20.7 Å². The first kappa shape index (κ1) is 25.4. The zero-order valence-electron chi connectivity index (χ0n) is 21.0. The van der Waals surface area contributed by atoms with Gasteiger partial charge in [0.1, 0.15) is 18.0 Å². The summed E-state index contributed by atoms with van der Waals surface area (Å²) in [4.78, 5) is 31.6. The number of aryl methyl sites for hydroxylation is 3. The molecule has 3 N–H and O–H groups in total. The first-order valence-electron chi connectivity index (χ1n) is 11.9. The van der Waals surface area contributed by atoms with Gasteiger partial charge in [0.2, 0.25) is 0 Å². The lowest BCUT2D eigenvalue weighted by Crippen LogP contribution is -2.12. The van der Waals surface area contributed by atoms with Crippen molar-refractivity contribution in [2.45, 2.75) is 27.2 Å². The molecular formula is C27H29N7O3. The summed E-state index contributed by atoms with van der Waals surface area (Å²) in [5.41, 5.74) is 4.94. The molecule has 0 saturated carbocycles. The standard InChI is InChI=1S/C27H29N7O3/c1-18-6-4-7-21(12-18)27(36)31-22-9-8-19(2)23(14-22)32-26-13-20(3)33-34(26)25-15-24(29-16-30-25)28-10-5-11-37-17-35/h4,6-9,12-17,32H,5,10-11H2,1-3H3,(H,31,36)(H,28,29,30). The Kier molecular flexibility index (Phi) is 8.09. The molecule has 0 spiro atoms. The van der Waals surface area contributed by atoms with E-state index in [0.717, 1.165) is 22.5 Å². The van der Waals surface area contributed by atoms with Crippen molar-refractivity contribution < 1.29 is 14.3 Å². The van der Waals surface area contributed by atoms with Crippen LogP contribution in [0.25, 0.3) is 5.82 Å². The number of amides is 1. The van der Waals surface area contributed by atoms with E-state index < -0.39 is 0 Å². The number of hydrogen-bond donors (Lipinski definition) is 3. The van der Waals surface area contributed by atoms with E-state index in [-0.39, 0.29) is 5.91 Å². The van der Waals surface area contributed by atoms with Gasteiger partial charge in [0.05, 0.1) is 12.3 Å². The number of nitrogens with zero attached hydrogens (tertiary/aromatic N) is 4. The highest BCUT2D eigenvalue weighted by atomic mass is 16.5. The molecule has 37 heavy (non-hydrogen) atoms. The molecule has 0 bridgehead atoms. The monoisotopic (exact) mass is 499 g/mol. The molecule has 190 valence electrons. The number of ether oxygens (including phenoxy) is 1. The normalized spacial score (nSPS) is 10.6. The van der Waals surface area contributed by atoms with Gasteiger partial charge in [-0.3, -0.25) is 9.59 Å². The maximum absolute atomic E-state index is 12.7. The molecule has 0 unspecified atom stereocenters. The van der Waals surface area contributed by atoms with Crippen LogP contribution in [0.5, 0.6) is 0 Å². The first-order valence-corrected chi connectivity index (χ1v) is 11.9. The Morgan fingerprint density at radius 1 is 1.05 bits per heavy atom. The minimum atomic E-state index is -0.168. The summed E-state index contributed by atoms with van der Waals surface area (Å²) in [5, 5.41) is 14.2. The van der Waals surface area contributed by atoms with Crippen LogP contribution in [-0.4, -0.2) is 45.3 Å². The summed E-state index contributed by atoms with van der Waals surface area (Å²) in [7, 11) is 0. The number of benzene rings is 2. The van der Waals surface area contributed by atoms with Gasteiger partial charge in [0.15, 0.2) is 5.82 Å². The summed E-state index contributed by atoms with van der Waals surface area (Å²) in [6.07, 6.45) is 2.12. The summed E-state index contributed by atoms with van der Waals surface area (Å²) in [6.45, 7) is 7.21. The molecular weight excluding hydrogens is 470 g/mol. The number of hydrogen-bond acceptors (Lipinski definition) is 8. The molecule has 10 heteroatoms. The van der Waals surface area contributed by atoms with E-state index >= 15 is 0 Å². The third kappa shape index (κ3) is 6.69. The molecule has 0 fully saturated rings. The van der Waals surface area contributed by atoms with Crippen LogP contribution < -0.4 is 16.0 Å². The second kappa shape index (κ2) is 11.8. The molecule has 0 aliphatic carbocycles. The maximum atomic E-state index is 12.7. The molecule has 1 amide bonds. The number of aromatic nitrogens is 4. The number of nitrogens with one attached hydrogen (secondary N) is 3. The summed E-state index contributed by atoms with van der Waals surface area (Å²) < 4.78 is 6.41. The van der Waals surface area contributed by atoms with Crippen molar-refractivity contribution in [2.24, 2.45) is 0 Å². The predicted molar refractivity (Wildman–Crippen MR) is 143 cm³/mol. The van der Waals surface area contributed by atoms with Gasteiger partial charge in [0, 0.05) is 35.6 Å². The van der Waals surface area contributed by atoms with Gasteiger partial charge in [-0.25, -0.2) is 9.97 Å². The van der Waals surface area contributed by atoms with Crippen molar-refractivity contribution in [3.8, 4) is 5.82 Å². The zero-order valence-corrected chi connectivity index (χ0v) is 21.0. The van der Waals surface area contributed by atoms with Gasteiger partial charge in [-0.2, -0.15) is 9.78 Å². The van der Waals surface area contributed by atoms with Crippen LogP contribution in [0, 0.1) is 20.8 Å². The molecule has 0 saturated heterocycles. The lowest BCUT2D eigenvalue weighted by Gasteiger charge is -2.14. The second-order valence-corrected chi connectivity index (χ2v) is 8.57. The zero-order chi connectivity index (χ0) is 26.2. The lowest BCUT2D eigenvalue weighted by molar-refractivity contribution is -0.128. The second-order valence-electron chi connectivity index (χ2n) is 8.57. The Balaban J connectivity index is 1.52. The molecule has 2 aromatic carbocycles. The van der Waals surface area contributed by atoms with E-state index in [0.29, 0.717) is 54.7 Å². The minimum absolute atomic E-state index is 0.168. The highest BCUT2D eigenvalue weighted by molar-refractivity contribution is 6.04. The van der Waals surface area contributed by atoms with Gasteiger partial charge in [0.25, 0.3) is 12.4 Å². The summed E-state index contributed by atoms with van der Waals surface area (Å²) >= 11 is 0. The third-order valence-electron chi connectivity index (χ3n) is 5.55. The van der Waals surface area contributed by atoms with Crippen molar-refractivity contribution >= 4 is 35.4 Å². The van der Waals surface area contributed by atoms with Gasteiger partial charge >= 0.3 is 0 Å². The Bertz CT molecular complexity index is 1400. The van der Waals surface area contributed by atoms with Crippen LogP contribution in [-0.2, 0) is 9.53 Å². The molecule has 0 atom stereocenters. The average Bonchev–Trinajstić information content (AvgIpc) is 3.26. The topological polar surface area (TPSA) is 123 Å². The van der Waals surface area contributed by atoms with Crippen LogP contribution in [0.3, 0.4) is 0 Å². The van der Waals surface area contributed by atoms with E-state index in [9.17, 15) is 9.59 Å². The van der Waals surface area contributed by atoms with Crippen molar-refractivity contribution in [3.63, 3.8) is 0 Å². The van der Waals surface area contributed by atoms with Gasteiger partial charge in [-0.05, 0) is 57.0 Å². The Morgan fingerprint density at radius 3 is 2.73 bits per heavy atom. The SMILES string of the molecule is Cc1cccc(C(=O)Nc2ccc(C)c(Nc3cc(C)nn3-c3cc(NCCCOC=O)ncn3)c2)c1. The van der Waals surface area contributed by atoms with Crippen LogP contribution in [0.15, 0.2) is 60.9 Å². The Morgan fingerprint density at radius 2 is 1.92 bits per heavy atom. The Labute approximate surface area is 215 Å². The largest absolute Gasteiger partial charge is 0.468 e. The highest BCUT2D eigenvalue weighted by Gasteiger charge is 2.13. The molecule has 0 radical (unpaired) electrons. The van der Waals surface area contributed by atoms with Gasteiger partial charge in [-0.1, -0.05) is 23.8 Å². The molecule has 0 aliphatic heterocycles. The number of rotatable bonds is 11. The van der Waals surface area contributed by atoms with E-state index in [1.54, 1.807) is 16.8 Å². The fourth-order valence-electron chi connectivity index (χ4n) is 3.70. The van der Waals surface area contributed by atoms with Crippen molar-refractivity contribution in [1.29, 1.82) is 0 Å². The van der Waals surface area contributed by atoms with E-state index in [1.165, 1.54) is 6.33 Å². The number of carbonyl (C=O) groups excluding carboxylic acids is 2. The summed E-state index contributed by atoms with van der Waals surface area (Å²) in [6, 6.07) is 16.9. The van der Waals surface area contributed by atoms with Crippen LogP contribution >= 0.6 is 0 Å². The first-order chi connectivity index (χ1) is 17.9. The average molecular weight is 500 g/mol. The predicted octanol–water partition coefficient (Wildman–Crippen LogP) is 4.56. The molecule has 4 rings (SSSR count). The van der Waals surface area contributed by atoms with E-state index in [2.05, 4.69) is 31.0 Å². The maximum Gasteiger partial charge on any atom is 0.293 e. The molecule has 2 aromatic heterocycles. The quantitative estimate of drug-likeness (QED) is 0.203.